The van der Waals surface area contributed by atoms with E-state index in [1.54, 1.807) is 23.9 Å². The summed E-state index contributed by atoms with van der Waals surface area (Å²) in [5, 5.41) is 3.71. The summed E-state index contributed by atoms with van der Waals surface area (Å²) in [7, 11) is 3.46. The van der Waals surface area contributed by atoms with E-state index in [1.807, 2.05) is 16.8 Å². The van der Waals surface area contributed by atoms with Crippen LogP contribution in [0.4, 0.5) is 0 Å². The third kappa shape index (κ3) is 2.34. The predicted octanol–water partition coefficient (Wildman–Crippen LogP) is 1.44. The Bertz CT molecular complexity index is 414. The number of hydrogen-bond donors (Lipinski definition) is 0. The fraction of sp³-hybridized carbons (Fsp3) is 0.500. The molecule has 0 spiro atoms. The molecule has 92 valence electrons. The molecule has 2 amide bonds. The molecule has 1 aliphatic heterocycles. The van der Waals surface area contributed by atoms with Gasteiger partial charge in [0.25, 0.3) is 5.91 Å². The maximum Gasteiger partial charge on any atom is 0.255 e. The molecular formula is C12H16N2O2S. The normalized spacial score (nSPS) is 19.4. The quantitative estimate of drug-likeness (QED) is 0.799. The van der Waals surface area contributed by atoms with Crippen LogP contribution in [0.2, 0.25) is 0 Å². The van der Waals surface area contributed by atoms with Crippen LogP contribution in [-0.4, -0.2) is 48.3 Å². The molecular weight excluding hydrogens is 236 g/mol. The Kier molecular flexibility index (Phi) is 3.47. The zero-order valence-electron chi connectivity index (χ0n) is 10.0. The maximum atomic E-state index is 12.2. The second kappa shape index (κ2) is 4.87. The molecule has 1 atom stereocenters. The van der Waals surface area contributed by atoms with Crippen molar-refractivity contribution < 1.29 is 9.59 Å². The van der Waals surface area contributed by atoms with Crippen LogP contribution in [0, 0.1) is 0 Å². The first kappa shape index (κ1) is 12.1. The summed E-state index contributed by atoms with van der Waals surface area (Å²) in [4.78, 5) is 27.4. The number of carbonyl (C=O) groups is 2. The molecule has 0 saturated carbocycles. The molecule has 0 bridgehead atoms. The molecule has 2 rings (SSSR count). The molecule has 0 aliphatic carbocycles. The van der Waals surface area contributed by atoms with Gasteiger partial charge in [-0.15, -0.1) is 0 Å². The average molecular weight is 252 g/mol. The van der Waals surface area contributed by atoms with E-state index in [4.69, 9.17) is 0 Å². The van der Waals surface area contributed by atoms with Crippen molar-refractivity contribution in [3.63, 3.8) is 0 Å². The molecule has 0 N–H and O–H groups in total. The van der Waals surface area contributed by atoms with Crippen LogP contribution in [0.3, 0.4) is 0 Å². The summed E-state index contributed by atoms with van der Waals surface area (Å²) in [6.45, 7) is 0.679. The molecule has 1 aromatic rings. The van der Waals surface area contributed by atoms with Gasteiger partial charge < -0.3 is 9.80 Å². The SMILES string of the molecule is CN(C)C(=O)C1CCCN1C(=O)c1ccsc1. The van der Waals surface area contributed by atoms with Crippen LogP contribution >= 0.6 is 11.3 Å². The van der Waals surface area contributed by atoms with Gasteiger partial charge in [-0.05, 0) is 24.3 Å². The van der Waals surface area contributed by atoms with Gasteiger partial charge in [0.15, 0.2) is 0 Å². The monoisotopic (exact) mass is 252 g/mol. The highest BCUT2D eigenvalue weighted by atomic mass is 32.1. The molecule has 17 heavy (non-hydrogen) atoms. The van der Waals surface area contributed by atoms with Crippen molar-refractivity contribution >= 4 is 23.2 Å². The summed E-state index contributed by atoms with van der Waals surface area (Å²) < 4.78 is 0. The predicted molar refractivity (Wildman–Crippen MR) is 67.1 cm³/mol. The van der Waals surface area contributed by atoms with Gasteiger partial charge in [0, 0.05) is 26.0 Å². The van der Waals surface area contributed by atoms with Crippen LogP contribution in [0.15, 0.2) is 16.8 Å². The first-order valence-electron chi connectivity index (χ1n) is 5.65. The number of amides is 2. The lowest BCUT2D eigenvalue weighted by molar-refractivity contribution is -0.132. The fourth-order valence-electron chi connectivity index (χ4n) is 2.12. The summed E-state index contributed by atoms with van der Waals surface area (Å²) in [6, 6.07) is 1.53. The van der Waals surface area contributed by atoms with Crippen molar-refractivity contribution in [2.45, 2.75) is 18.9 Å². The molecule has 4 nitrogen and oxygen atoms in total. The standard InChI is InChI=1S/C12H16N2O2S/c1-13(2)12(16)10-4-3-6-14(10)11(15)9-5-7-17-8-9/h5,7-8,10H,3-4,6H2,1-2H3. The second-order valence-electron chi connectivity index (χ2n) is 4.40. The van der Waals surface area contributed by atoms with Crippen molar-refractivity contribution in [1.29, 1.82) is 0 Å². The van der Waals surface area contributed by atoms with Gasteiger partial charge in [0.05, 0.1) is 5.56 Å². The van der Waals surface area contributed by atoms with Crippen molar-refractivity contribution in [1.82, 2.24) is 9.80 Å². The van der Waals surface area contributed by atoms with Crippen molar-refractivity contribution in [2.75, 3.05) is 20.6 Å². The lowest BCUT2D eigenvalue weighted by Gasteiger charge is -2.25. The van der Waals surface area contributed by atoms with Crippen LogP contribution in [0.5, 0.6) is 0 Å². The molecule has 2 heterocycles. The van der Waals surface area contributed by atoms with E-state index in [1.165, 1.54) is 11.3 Å². The number of hydrogen-bond acceptors (Lipinski definition) is 3. The smallest absolute Gasteiger partial charge is 0.255 e. The number of carbonyl (C=O) groups excluding carboxylic acids is 2. The Morgan fingerprint density at radius 3 is 2.82 bits per heavy atom. The maximum absolute atomic E-state index is 12.2. The summed E-state index contributed by atoms with van der Waals surface area (Å²) in [5.74, 6) is -0.00460. The second-order valence-corrected chi connectivity index (χ2v) is 5.18. The first-order valence-corrected chi connectivity index (χ1v) is 6.60. The minimum atomic E-state index is -0.280. The van der Waals surface area contributed by atoms with E-state index in [0.29, 0.717) is 12.1 Å². The van der Waals surface area contributed by atoms with Crippen LogP contribution in [0.25, 0.3) is 0 Å². The highest BCUT2D eigenvalue weighted by Gasteiger charge is 2.35. The van der Waals surface area contributed by atoms with Crippen molar-refractivity contribution in [2.24, 2.45) is 0 Å². The van der Waals surface area contributed by atoms with Crippen molar-refractivity contribution in [3.05, 3.63) is 22.4 Å². The zero-order chi connectivity index (χ0) is 12.4. The Hall–Kier alpha value is -1.36. The van der Waals surface area contributed by atoms with E-state index in [9.17, 15) is 9.59 Å². The average Bonchev–Trinajstić information content (AvgIpc) is 2.97. The Balaban J connectivity index is 2.15. The Morgan fingerprint density at radius 1 is 1.47 bits per heavy atom. The van der Waals surface area contributed by atoms with Gasteiger partial charge in [-0.1, -0.05) is 0 Å². The van der Waals surface area contributed by atoms with Gasteiger partial charge in [-0.2, -0.15) is 11.3 Å². The highest BCUT2D eigenvalue weighted by Crippen LogP contribution is 2.22. The van der Waals surface area contributed by atoms with Gasteiger partial charge in [-0.25, -0.2) is 0 Å². The van der Waals surface area contributed by atoms with Gasteiger partial charge >= 0.3 is 0 Å². The molecule has 0 radical (unpaired) electrons. The molecule has 1 aromatic heterocycles. The van der Waals surface area contributed by atoms with Gasteiger partial charge in [0.1, 0.15) is 6.04 Å². The van der Waals surface area contributed by atoms with Crippen LogP contribution in [-0.2, 0) is 4.79 Å². The minimum Gasteiger partial charge on any atom is -0.347 e. The summed E-state index contributed by atoms with van der Waals surface area (Å²) in [6.07, 6.45) is 1.67. The van der Waals surface area contributed by atoms with E-state index in [-0.39, 0.29) is 17.9 Å². The van der Waals surface area contributed by atoms with Crippen molar-refractivity contribution in [3.8, 4) is 0 Å². The Labute approximate surface area is 105 Å². The van der Waals surface area contributed by atoms with Gasteiger partial charge in [0.2, 0.25) is 5.91 Å². The minimum absolute atomic E-state index is 0.0195. The highest BCUT2D eigenvalue weighted by molar-refractivity contribution is 7.08. The van der Waals surface area contributed by atoms with E-state index < -0.39 is 0 Å². The molecule has 1 fully saturated rings. The van der Waals surface area contributed by atoms with Gasteiger partial charge in [-0.3, -0.25) is 9.59 Å². The topological polar surface area (TPSA) is 40.6 Å². The molecule has 5 heteroatoms. The molecule has 1 saturated heterocycles. The Morgan fingerprint density at radius 2 is 2.24 bits per heavy atom. The first-order chi connectivity index (χ1) is 8.11. The molecule has 1 unspecified atom stereocenters. The summed E-state index contributed by atoms with van der Waals surface area (Å²) in [5.41, 5.74) is 0.688. The number of rotatable bonds is 2. The largest absolute Gasteiger partial charge is 0.347 e. The van der Waals surface area contributed by atoms with Crippen LogP contribution in [0.1, 0.15) is 23.2 Å². The number of nitrogens with zero attached hydrogens (tertiary/aromatic N) is 2. The molecule has 1 aliphatic rings. The number of likely N-dealkylation sites (tertiary alicyclic amines) is 1. The van der Waals surface area contributed by atoms with Crippen LogP contribution < -0.4 is 0 Å². The van der Waals surface area contributed by atoms with E-state index in [0.717, 1.165) is 12.8 Å². The lowest BCUT2D eigenvalue weighted by atomic mass is 10.2. The number of likely N-dealkylation sites (N-methyl/N-ethyl adjacent to an activating group) is 1. The third-order valence-electron chi connectivity index (χ3n) is 3.01. The summed E-state index contributed by atoms with van der Waals surface area (Å²) >= 11 is 1.50. The molecule has 0 aromatic carbocycles. The van der Waals surface area contributed by atoms with E-state index >= 15 is 0 Å². The third-order valence-corrected chi connectivity index (χ3v) is 3.69. The number of thiophene rings is 1. The zero-order valence-corrected chi connectivity index (χ0v) is 10.9. The lowest BCUT2D eigenvalue weighted by Crippen LogP contribution is -2.45. The van der Waals surface area contributed by atoms with E-state index in [2.05, 4.69) is 0 Å². The fourth-order valence-corrected chi connectivity index (χ4v) is 2.75.